The van der Waals surface area contributed by atoms with Crippen LogP contribution in [0.5, 0.6) is 0 Å². The molecule has 1 fully saturated rings. The first-order valence-corrected chi connectivity index (χ1v) is 10.9. The molecule has 3 aromatic rings. The number of nitrogens with one attached hydrogen (secondary N) is 2. The van der Waals surface area contributed by atoms with Crippen LogP contribution < -0.4 is 10.6 Å². The summed E-state index contributed by atoms with van der Waals surface area (Å²) in [5.41, 5.74) is 3.43. The largest absolute Gasteiger partial charge is 0.411 e. The number of oxime groups is 1. The van der Waals surface area contributed by atoms with Gasteiger partial charge in [-0.1, -0.05) is 35.5 Å². The van der Waals surface area contributed by atoms with Crippen molar-refractivity contribution in [2.24, 2.45) is 5.16 Å². The van der Waals surface area contributed by atoms with Crippen LogP contribution in [0.1, 0.15) is 54.6 Å². The van der Waals surface area contributed by atoms with Crippen LogP contribution in [0.2, 0.25) is 0 Å². The molecule has 0 radical (unpaired) electrons. The van der Waals surface area contributed by atoms with Crippen molar-refractivity contribution in [1.29, 1.82) is 0 Å². The van der Waals surface area contributed by atoms with Crippen LogP contribution in [-0.2, 0) is 6.54 Å². The van der Waals surface area contributed by atoms with E-state index in [2.05, 4.69) is 25.9 Å². The second-order valence-corrected chi connectivity index (χ2v) is 7.95. The molecule has 1 amide bonds. The van der Waals surface area contributed by atoms with Crippen LogP contribution in [0.3, 0.4) is 0 Å². The molecule has 1 aliphatic rings. The zero-order chi connectivity index (χ0) is 22.5. The smallest absolute Gasteiger partial charge is 0.255 e. The van der Waals surface area contributed by atoms with E-state index in [0.29, 0.717) is 36.3 Å². The third-order valence-corrected chi connectivity index (χ3v) is 5.95. The minimum absolute atomic E-state index is 0.130. The molecule has 1 atom stereocenters. The minimum Gasteiger partial charge on any atom is -0.411 e. The monoisotopic (exact) mass is 436 g/mol. The second kappa shape index (κ2) is 9.78. The van der Waals surface area contributed by atoms with Crippen molar-refractivity contribution in [3.63, 3.8) is 0 Å². The maximum Gasteiger partial charge on any atom is 0.255 e. The number of hydrogen-bond acceptors (Lipinski definition) is 7. The standard InChI is InChI=1S/C23H28N6O3/c1-2-29-22-18(13-25-29)21(26-16-8-10-17(28-32)11-9-16)19(12-24-22)23(31)27-20(14-30)15-6-4-3-5-7-15/h3-7,12-13,16,20,30,32H,2,8-11,14H2,1H3,(H,24,26)(H,27,31)/t16?,20-/m1/s1. The van der Waals surface area contributed by atoms with Gasteiger partial charge in [0, 0.05) is 18.8 Å². The highest BCUT2D eigenvalue weighted by atomic mass is 16.4. The molecular formula is C23H28N6O3. The number of aliphatic hydroxyl groups excluding tert-OH is 1. The van der Waals surface area contributed by atoms with Gasteiger partial charge in [-0.2, -0.15) is 5.10 Å². The van der Waals surface area contributed by atoms with Gasteiger partial charge in [0.15, 0.2) is 5.65 Å². The van der Waals surface area contributed by atoms with Crippen LogP contribution in [0.4, 0.5) is 5.69 Å². The molecule has 0 bridgehead atoms. The average molecular weight is 437 g/mol. The van der Waals surface area contributed by atoms with Crippen molar-refractivity contribution in [3.8, 4) is 0 Å². The van der Waals surface area contributed by atoms with Crippen molar-refractivity contribution >= 4 is 28.3 Å². The highest BCUT2D eigenvalue weighted by Gasteiger charge is 2.24. The summed E-state index contributed by atoms with van der Waals surface area (Å²) in [6.45, 7) is 2.44. The summed E-state index contributed by atoms with van der Waals surface area (Å²) >= 11 is 0. The Morgan fingerprint density at radius 3 is 2.66 bits per heavy atom. The molecule has 0 saturated heterocycles. The number of benzene rings is 1. The summed E-state index contributed by atoms with van der Waals surface area (Å²) in [6.07, 6.45) is 6.31. The maximum atomic E-state index is 13.3. The summed E-state index contributed by atoms with van der Waals surface area (Å²) in [7, 11) is 0. The highest BCUT2D eigenvalue weighted by Crippen LogP contribution is 2.30. The Labute approximate surface area is 186 Å². The Morgan fingerprint density at radius 1 is 1.25 bits per heavy atom. The average Bonchev–Trinajstić information content (AvgIpc) is 3.27. The van der Waals surface area contributed by atoms with Gasteiger partial charge < -0.3 is 20.9 Å². The number of carbonyl (C=O) groups excluding carboxylic acids is 1. The van der Waals surface area contributed by atoms with Crippen molar-refractivity contribution in [1.82, 2.24) is 20.1 Å². The lowest BCUT2D eigenvalue weighted by Crippen LogP contribution is -2.32. The first kappa shape index (κ1) is 21.8. The fourth-order valence-electron chi connectivity index (χ4n) is 4.14. The fraction of sp³-hybridized carbons (Fsp3) is 0.391. The molecule has 2 heterocycles. The number of hydrogen-bond donors (Lipinski definition) is 4. The molecule has 1 aromatic carbocycles. The Morgan fingerprint density at radius 2 is 2.00 bits per heavy atom. The zero-order valence-corrected chi connectivity index (χ0v) is 18.0. The van der Waals surface area contributed by atoms with E-state index in [0.717, 1.165) is 29.5 Å². The van der Waals surface area contributed by atoms with Crippen molar-refractivity contribution < 1.29 is 15.1 Å². The van der Waals surface area contributed by atoms with Crippen LogP contribution in [0.25, 0.3) is 11.0 Å². The van der Waals surface area contributed by atoms with Gasteiger partial charge in [-0.05, 0) is 38.2 Å². The Balaban J connectivity index is 1.65. The first-order valence-electron chi connectivity index (χ1n) is 10.9. The Kier molecular flexibility index (Phi) is 6.65. The summed E-state index contributed by atoms with van der Waals surface area (Å²) in [4.78, 5) is 17.8. The summed E-state index contributed by atoms with van der Waals surface area (Å²) in [5.74, 6) is -0.317. The number of aryl methyl sites for hydroxylation is 1. The van der Waals surface area contributed by atoms with Gasteiger partial charge >= 0.3 is 0 Å². The predicted octanol–water partition coefficient (Wildman–Crippen LogP) is 3.10. The van der Waals surface area contributed by atoms with E-state index in [-0.39, 0.29) is 18.6 Å². The molecule has 4 N–H and O–H groups in total. The lowest BCUT2D eigenvalue weighted by Gasteiger charge is -2.26. The topological polar surface area (TPSA) is 125 Å². The van der Waals surface area contributed by atoms with E-state index in [1.54, 1.807) is 17.1 Å². The number of carbonyl (C=O) groups is 1. The Bertz CT molecular complexity index is 1100. The predicted molar refractivity (Wildman–Crippen MR) is 122 cm³/mol. The molecule has 0 aliphatic heterocycles. The number of fused-ring (bicyclic) bond motifs is 1. The van der Waals surface area contributed by atoms with Gasteiger partial charge in [0.25, 0.3) is 5.91 Å². The molecular weight excluding hydrogens is 408 g/mol. The molecule has 0 spiro atoms. The Hall–Kier alpha value is -3.46. The number of nitrogens with zero attached hydrogens (tertiary/aromatic N) is 4. The zero-order valence-electron chi connectivity index (χ0n) is 18.0. The lowest BCUT2D eigenvalue weighted by molar-refractivity contribution is 0.0916. The molecule has 9 heteroatoms. The normalized spacial score (nSPS) is 17.2. The first-order chi connectivity index (χ1) is 15.6. The second-order valence-electron chi connectivity index (χ2n) is 7.95. The minimum atomic E-state index is -0.524. The number of pyridine rings is 1. The molecule has 0 unspecified atom stereocenters. The van der Waals surface area contributed by atoms with Gasteiger partial charge in [0.05, 0.1) is 41.2 Å². The summed E-state index contributed by atoms with van der Waals surface area (Å²) in [5, 5.41) is 33.9. The van der Waals surface area contributed by atoms with Crippen LogP contribution >= 0.6 is 0 Å². The number of amides is 1. The van der Waals surface area contributed by atoms with Gasteiger partial charge in [-0.25, -0.2) is 9.67 Å². The summed E-state index contributed by atoms with van der Waals surface area (Å²) < 4.78 is 1.79. The third kappa shape index (κ3) is 4.43. The van der Waals surface area contributed by atoms with Crippen LogP contribution in [0.15, 0.2) is 47.9 Å². The van der Waals surface area contributed by atoms with E-state index in [9.17, 15) is 9.90 Å². The van der Waals surface area contributed by atoms with Crippen molar-refractivity contribution in [2.45, 2.75) is 51.2 Å². The van der Waals surface area contributed by atoms with Crippen LogP contribution in [0, 0.1) is 0 Å². The van der Waals surface area contributed by atoms with Crippen molar-refractivity contribution in [2.75, 3.05) is 11.9 Å². The number of aliphatic hydroxyl groups is 1. The van der Waals surface area contributed by atoms with Gasteiger partial charge in [0.2, 0.25) is 0 Å². The van der Waals surface area contributed by atoms with Gasteiger partial charge in [-0.3, -0.25) is 4.79 Å². The van der Waals surface area contributed by atoms with Gasteiger partial charge in [-0.15, -0.1) is 0 Å². The van der Waals surface area contributed by atoms with Gasteiger partial charge in [0.1, 0.15) is 0 Å². The number of aromatic nitrogens is 3. The third-order valence-electron chi connectivity index (χ3n) is 5.95. The van der Waals surface area contributed by atoms with Crippen molar-refractivity contribution in [3.05, 3.63) is 53.9 Å². The lowest BCUT2D eigenvalue weighted by atomic mass is 9.93. The highest BCUT2D eigenvalue weighted by molar-refractivity contribution is 6.06. The molecule has 4 rings (SSSR count). The van der Waals surface area contributed by atoms with E-state index >= 15 is 0 Å². The maximum absolute atomic E-state index is 13.3. The van der Waals surface area contributed by atoms with E-state index in [1.165, 1.54) is 0 Å². The van der Waals surface area contributed by atoms with E-state index in [1.807, 2.05) is 37.3 Å². The quantitative estimate of drug-likeness (QED) is 0.333. The number of anilines is 1. The number of rotatable bonds is 7. The van der Waals surface area contributed by atoms with E-state index < -0.39 is 6.04 Å². The molecule has 2 aromatic heterocycles. The molecule has 168 valence electrons. The molecule has 32 heavy (non-hydrogen) atoms. The summed E-state index contributed by atoms with van der Waals surface area (Å²) in [6, 6.07) is 8.98. The molecule has 1 saturated carbocycles. The molecule has 9 nitrogen and oxygen atoms in total. The fourth-order valence-corrected chi connectivity index (χ4v) is 4.14. The van der Waals surface area contributed by atoms with Crippen LogP contribution in [-0.4, -0.2) is 49.3 Å². The SMILES string of the molecule is CCn1ncc2c(NC3CCC(=NO)CC3)c(C(=O)N[C@H](CO)c3ccccc3)cnc21. The van der Waals surface area contributed by atoms with E-state index in [4.69, 9.17) is 5.21 Å². The molecule has 1 aliphatic carbocycles.